The van der Waals surface area contributed by atoms with Crippen LogP contribution in [0.2, 0.25) is 5.02 Å². The van der Waals surface area contributed by atoms with E-state index in [1.165, 1.54) is 0 Å². The van der Waals surface area contributed by atoms with Crippen molar-refractivity contribution in [2.75, 3.05) is 17.0 Å². The quantitative estimate of drug-likeness (QED) is 0.569. The smallest absolute Gasteiger partial charge is 0.234 e. The van der Waals surface area contributed by atoms with Crippen LogP contribution in [0, 0.1) is 0 Å². The number of aromatic nitrogens is 2. The summed E-state index contributed by atoms with van der Waals surface area (Å²) >= 11 is 5.77. The van der Waals surface area contributed by atoms with Crippen LogP contribution in [0.4, 0.5) is 5.69 Å². The molecule has 0 fully saturated rings. The van der Waals surface area contributed by atoms with E-state index in [0.717, 1.165) is 5.52 Å². The van der Waals surface area contributed by atoms with Crippen LogP contribution in [0.1, 0.15) is 5.56 Å². The maximum atomic E-state index is 12.2. The number of anilines is 1. The molecule has 144 valence electrons. The number of hydrogen-bond donors (Lipinski definition) is 2. The first kappa shape index (κ1) is 19.6. The molecule has 0 aliphatic rings. The fourth-order valence-electron chi connectivity index (χ4n) is 2.40. The van der Waals surface area contributed by atoms with E-state index in [0.29, 0.717) is 16.3 Å². The first-order valence-electron chi connectivity index (χ1n) is 7.88. The van der Waals surface area contributed by atoms with Gasteiger partial charge in [0.05, 0.1) is 22.7 Å². The minimum atomic E-state index is -3.71. The highest BCUT2D eigenvalue weighted by atomic mass is 35.5. The van der Waals surface area contributed by atoms with Gasteiger partial charge in [0.15, 0.2) is 0 Å². The summed E-state index contributed by atoms with van der Waals surface area (Å²) in [6.07, 6.45) is 3.23. The van der Waals surface area contributed by atoms with E-state index in [2.05, 4.69) is 14.5 Å². The van der Waals surface area contributed by atoms with Crippen LogP contribution in [-0.4, -0.2) is 38.7 Å². The normalized spacial score (nSPS) is 12.3. The van der Waals surface area contributed by atoms with Crippen LogP contribution in [0.5, 0.6) is 0 Å². The van der Waals surface area contributed by atoms with Crippen molar-refractivity contribution in [2.24, 2.45) is 0 Å². The molecule has 27 heavy (non-hydrogen) atoms. The predicted octanol–water partition coefficient (Wildman–Crippen LogP) is 1.85. The second-order valence-electron chi connectivity index (χ2n) is 5.82. The van der Waals surface area contributed by atoms with Gasteiger partial charge in [0.25, 0.3) is 0 Å². The van der Waals surface area contributed by atoms with Crippen LogP contribution in [0.15, 0.2) is 54.9 Å². The van der Waals surface area contributed by atoms with Crippen LogP contribution < -0.4 is 9.44 Å². The monoisotopic (exact) mass is 428 g/mol. The number of nitrogens with zero attached hydrogens (tertiary/aromatic N) is 2. The Morgan fingerprint density at radius 3 is 2.48 bits per heavy atom. The van der Waals surface area contributed by atoms with Gasteiger partial charge >= 0.3 is 0 Å². The predicted molar refractivity (Wildman–Crippen MR) is 105 cm³/mol. The van der Waals surface area contributed by atoms with Crippen molar-refractivity contribution in [2.45, 2.75) is 5.75 Å². The summed E-state index contributed by atoms with van der Waals surface area (Å²) in [5, 5.41) is 4.54. The Kier molecular flexibility index (Phi) is 5.70. The topological polar surface area (TPSA) is 110 Å². The SMILES string of the molecule is O=S(=O)(Cc1ccc(Cl)cc1)NCCS(=O)(=O)Nc1ccn2nccc2c1. The lowest BCUT2D eigenvalue weighted by molar-refractivity contribution is 0.581. The van der Waals surface area contributed by atoms with Gasteiger partial charge in [0.1, 0.15) is 0 Å². The minimum absolute atomic E-state index is 0.236. The van der Waals surface area contributed by atoms with Gasteiger partial charge in [0, 0.05) is 24.0 Å². The lowest BCUT2D eigenvalue weighted by Gasteiger charge is -2.10. The fraction of sp³-hybridized carbons (Fsp3) is 0.188. The van der Waals surface area contributed by atoms with Crippen LogP contribution in [0.25, 0.3) is 5.52 Å². The Morgan fingerprint density at radius 2 is 1.74 bits per heavy atom. The Morgan fingerprint density at radius 1 is 1.00 bits per heavy atom. The zero-order chi connectivity index (χ0) is 19.5. The van der Waals surface area contributed by atoms with Crippen molar-refractivity contribution in [1.29, 1.82) is 0 Å². The third-order valence-corrected chi connectivity index (χ3v) is 6.53. The fourth-order valence-corrected chi connectivity index (χ4v) is 4.76. The Labute approximate surface area is 162 Å². The molecular formula is C16H17ClN4O4S2. The molecule has 0 aliphatic heterocycles. The maximum absolute atomic E-state index is 12.2. The average Bonchev–Trinajstić information content (AvgIpc) is 3.03. The number of halogens is 1. The molecule has 3 aromatic rings. The summed E-state index contributed by atoms with van der Waals surface area (Å²) in [5.74, 6) is -0.646. The standard InChI is InChI=1S/C16H17ClN4O4S2/c17-14-3-1-13(2-4-14)12-27(24,25)19-8-10-26(22,23)20-15-6-9-21-16(11-15)5-7-18-21/h1-7,9,11,19-20H,8,10,12H2. The Bertz CT molecular complexity index is 1140. The molecule has 0 unspecified atom stereocenters. The molecule has 0 aliphatic carbocycles. The molecule has 2 N–H and O–H groups in total. The molecule has 0 amide bonds. The number of sulfonamides is 2. The van der Waals surface area contributed by atoms with Gasteiger partial charge < -0.3 is 0 Å². The molecule has 11 heteroatoms. The lowest BCUT2D eigenvalue weighted by atomic mass is 10.2. The third kappa shape index (κ3) is 5.67. The number of rotatable bonds is 8. The summed E-state index contributed by atoms with van der Waals surface area (Å²) in [6.45, 7) is -0.236. The summed E-state index contributed by atoms with van der Waals surface area (Å²) in [5.41, 5.74) is 1.67. The van der Waals surface area contributed by atoms with Gasteiger partial charge in [0.2, 0.25) is 20.0 Å². The molecule has 0 saturated heterocycles. The van der Waals surface area contributed by atoms with Gasteiger partial charge in [-0.1, -0.05) is 23.7 Å². The minimum Gasteiger partial charge on any atom is -0.283 e. The second-order valence-corrected chi connectivity index (χ2v) is 9.90. The summed E-state index contributed by atoms with van der Waals surface area (Å²) < 4.78 is 54.8. The van der Waals surface area contributed by atoms with Gasteiger partial charge in [-0.05, 0) is 35.9 Å². The third-order valence-electron chi connectivity index (χ3n) is 3.64. The highest BCUT2D eigenvalue weighted by Crippen LogP contribution is 2.13. The first-order valence-corrected chi connectivity index (χ1v) is 11.6. The van der Waals surface area contributed by atoms with Crippen molar-refractivity contribution in [1.82, 2.24) is 14.3 Å². The van der Waals surface area contributed by atoms with Crippen molar-refractivity contribution < 1.29 is 16.8 Å². The van der Waals surface area contributed by atoms with E-state index in [1.54, 1.807) is 59.4 Å². The second kappa shape index (κ2) is 7.85. The molecule has 1 aromatic carbocycles. The summed E-state index contributed by atoms with van der Waals surface area (Å²) in [7, 11) is -7.37. The largest absolute Gasteiger partial charge is 0.283 e. The number of hydrogen-bond acceptors (Lipinski definition) is 5. The van der Waals surface area contributed by atoms with Gasteiger partial charge in [-0.15, -0.1) is 0 Å². The molecule has 0 radical (unpaired) electrons. The molecule has 2 aromatic heterocycles. The Balaban J connectivity index is 1.55. The highest BCUT2D eigenvalue weighted by Gasteiger charge is 2.15. The molecule has 0 atom stereocenters. The molecule has 2 heterocycles. The van der Waals surface area contributed by atoms with Crippen molar-refractivity contribution in [3.8, 4) is 0 Å². The zero-order valence-electron chi connectivity index (χ0n) is 14.0. The van der Waals surface area contributed by atoms with Crippen LogP contribution in [-0.2, 0) is 25.8 Å². The van der Waals surface area contributed by atoms with E-state index in [-0.39, 0.29) is 12.3 Å². The lowest BCUT2D eigenvalue weighted by Crippen LogP contribution is -2.32. The van der Waals surface area contributed by atoms with E-state index in [1.807, 2.05) is 0 Å². The summed E-state index contributed by atoms with van der Waals surface area (Å²) in [6, 6.07) is 11.3. The van der Waals surface area contributed by atoms with Crippen LogP contribution >= 0.6 is 11.6 Å². The van der Waals surface area contributed by atoms with Crippen molar-refractivity contribution in [3.05, 3.63) is 65.4 Å². The van der Waals surface area contributed by atoms with E-state index in [9.17, 15) is 16.8 Å². The molecular weight excluding hydrogens is 412 g/mol. The molecule has 0 bridgehead atoms. The zero-order valence-corrected chi connectivity index (χ0v) is 16.4. The van der Waals surface area contributed by atoms with Crippen LogP contribution in [0.3, 0.4) is 0 Å². The highest BCUT2D eigenvalue weighted by molar-refractivity contribution is 7.92. The van der Waals surface area contributed by atoms with Gasteiger partial charge in [-0.3, -0.25) is 4.72 Å². The van der Waals surface area contributed by atoms with Crippen molar-refractivity contribution >= 4 is 42.9 Å². The number of pyridine rings is 1. The van der Waals surface area contributed by atoms with Gasteiger partial charge in [-0.25, -0.2) is 26.1 Å². The first-order chi connectivity index (χ1) is 12.7. The molecule has 3 rings (SSSR count). The molecule has 0 saturated carbocycles. The van der Waals surface area contributed by atoms with Gasteiger partial charge in [-0.2, -0.15) is 5.10 Å². The maximum Gasteiger partial charge on any atom is 0.234 e. The van der Waals surface area contributed by atoms with E-state index in [4.69, 9.17) is 11.6 Å². The number of benzene rings is 1. The summed E-state index contributed by atoms with van der Waals surface area (Å²) in [4.78, 5) is 0. The Hall–Kier alpha value is -2.14. The number of fused-ring (bicyclic) bond motifs is 1. The molecule has 8 nitrogen and oxygen atoms in total. The molecule has 0 spiro atoms. The van der Waals surface area contributed by atoms with Crippen molar-refractivity contribution in [3.63, 3.8) is 0 Å². The number of nitrogens with one attached hydrogen (secondary N) is 2. The average molecular weight is 429 g/mol. The van der Waals surface area contributed by atoms with E-state index < -0.39 is 25.8 Å². The van der Waals surface area contributed by atoms with E-state index >= 15 is 0 Å².